The van der Waals surface area contributed by atoms with Crippen LogP contribution in [0.3, 0.4) is 0 Å². The van der Waals surface area contributed by atoms with Crippen LogP contribution in [0.1, 0.15) is 290 Å². The van der Waals surface area contributed by atoms with E-state index < -0.39 is 6.10 Å². The van der Waals surface area contributed by atoms with Crippen molar-refractivity contribution in [3.8, 4) is 0 Å². The van der Waals surface area contributed by atoms with Crippen molar-refractivity contribution in [3.63, 3.8) is 0 Å². The molecule has 0 aromatic carbocycles. The van der Waals surface area contributed by atoms with E-state index in [-0.39, 0.29) is 31.1 Å². The van der Waals surface area contributed by atoms with E-state index in [2.05, 4.69) is 142 Å². The van der Waals surface area contributed by atoms with Gasteiger partial charge in [0, 0.05) is 19.3 Å². The van der Waals surface area contributed by atoms with Gasteiger partial charge in [-0.2, -0.15) is 0 Å². The highest BCUT2D eigenvalue weighted by Gasteiger charge is 2.19. The predicted octanol–water partition coefficient (Wildman–Crippen LogP) is 22.0. The first-order valence-electron chi connectivity index (χ1n) is 32.0. The molecule has 0 aliphatic heterocycles. The van der Waals surface area contributed by atoms with Crippen molar-refractivity contribution < 1.29 is 28.6 Å². The van der Waals surface area contributed by atoms with E-state index in [1.54, 1.807) is 0 Å². The summed E-state index contributed by atoms with van der Waals surface area (Å²) in [4.78, 5) is 38.1. The number of unbranched alkanes of at least 4 members (excludes halogenated alkanes) is 26. The van der Waals surface area contributed by atoms with Gasteiger partial charge >= 0.3 is 17.9 Å². The van der Waals surface area contributed by atoms with Crippen molar-refractivity contribution in [1.82, 2.24) is 0 Å². The van der Waals surface area contributed by atoms with Gasteiger partial charge in [-0.05, 0) is 116 Å². The number of hydrogen-bond donors (Lipinski definition) is 0. The van der Waals surface area contributed by atoms with E-state index in [0.29, 0.717) is 19.3 Å². The van der Waals surface area contributed by atoms with Crippen molar-refractivity contribution in [2.45, 2.75) is 297 Å². The third-order valence-electron chi connectivity index (χ3n) is 13.5. The van der Waals surface area contributed by atoms with Gasteiger partial charge < -0.3 is 14.2 Å². The van der Waals surface area contributed by atoms with E-state index in [4.69, 9.17) is 14.2 Å². The lowest BCUT2D eigenvalue weighted by molar-refractivity contribution is -0.167. The molecule has 0 spiro atoms. The molecule has 1 atom stereocenters. The Bertz CT molecular complexity index is 1600. The number of hydrogen-bond acceptors (Lipinski definition) is 6. The van der Waals surface area contributed by atoms with Crippen LogP contribution in [0.2, 0.25) is 0 Å². The van der Waals surface area contributed by atoms with Crippen LogP contribution < -0.4 is 0 Å². The fourth-order valence-electron chi connectivity index (χ4n) is 8.67. The number of esters is 3. The average molecular weight is 1070 g/mol. The molecule has 6 heteroatoms. The van der Waals surface area contributed by atoms with Crippen LogP contribution in [0.25, 0.3) is 0 Å². The Kier molecular flexibility index (Phi) is 60.8. The molecule has 0 saturated carbocycles. The quantitative estimate of drug-likeness (QED) is 0.0261. The molecule has 0 heterocycles. The molecule has 0 N–H and O–H groups in total. The minimum absolute atomic E-state index is 0.0835. The summed E-state index contributed by atoms with van der Waals surface area (Å²) in [5.74, 6) is -0.901. The van der Waals surface area contributed by atoms with Crippen LogP contribution in [0.15, 0.2) is 122 Å². The van der Waals surface area contributed by atoms with E-state index in [1.807, 2.05) is 0 Å². The minimum Gasteiger partial charge on any atom is -0.462 e. The molecule has 0 aliphatic carbocycles. The molecule has 0 aromatic heterocycles. The molecule has 0 aromatic rings. The van der Waals surface area contributed by atoms with Gasteiger partial charge in [-0.3, -0.25) is 14.4 Å². The summed E-state index contributed by atoms with van der Waals surface area (Å²) in [7, 11) is 0. The molecule has 0 aliphatic rings. The van der Waals surface area contributed by atoms with Gasteiger partial charge in [0.05, 0.1) is 0 Å². The zero-order valence-corrected chi connectivity index (χ0v) is 50.2. The van der Waals surface area contributed by atoms with Crippen LogP contribution in [0.4, 0.5) is 0 Å². The first kappa shape index (κ1) is 72.8. The number of rotatable bonds is 57. The molecular formula is C71H118O6. The third-order valence-corrected chi connectivity index (χ3v) is 13.5. The summed E-state index contributed by atoms with van der Waals surface area (Å²) in [5, 5.41) is 0. The summed E-state index contributed by atoms with van der Waals surface area (Å²) < 4.78 is 16.8. The standard InChI is InChI=1S/C71H118O6/c1-4-7-10-13-16-19-21-23-25-27-29-30-31-32-33-34-35-36-37-38-39-40-41-42-43-45-46-48-50-52-55-58-61-64-70(73)76-67-68(66-75-69(72)63-60-57-54-18-15-12-9-6-3)77-71(74)65-62-59-56-53-51-49-47-44-28-26-24-22-20-17-14-11-8-5-2/h7,10,16,19-20,22-23,25-26,28-30,32-33,35-36,38-39,41-42,68H,4-6,8-9,11-15,17-18,21,24,27,31,34,37,40,43-67H2,1-3H3/b10-7-,19-16-,22-20-,25-23-,28-26-,30-29-,33-32-,36-35-,39-38-,42-41-. The smallest absolute Gasteiger partial charge is 0.306 e. The van der Waals surface area contributed by atoms with Gasteiger partial charge in [0.25, 0.3) is 0 Å². The first-order chi connectivity index (χ1) is 38.0. The van der Waals surface area contributed by atoms with E-state index in [0.717, 1.165) is 128 Å². The van der Waals surface area contributed by atoms with Gasteiger partial charge in [-0.25, -0.2) is 0 Å². The molecule has 0 rings (SSSR count). The van der Waals surface area contributed by atoms with Gasteiger partial charge in [0.1, 0.15) is 13.2 Å². The molecule has 0 saturated heterocycles. The zero-order chi connectivity index (χ0) is 55.7. The molecular weight excluding hydrogens is 949 g/mol. The van der Waals surface area contributed by atoms with Crippen molar-refractivity contribution in [1.29, 1.82) is 0 Å². The van der Waals surface area contributed by atoms with Crippen molar-refractivity contribution in [2.24, 2.45) is 0 Å². The van der Waals surface area contributed by atoms with Crippen LogP contribution in [0, 0.1) is 0 Å². The van der Waals surface area contributed by atoms with Gasteiger partial charge in [-0.15, -0.1) is 0 Å². The summed E-state index contributed by atoms with van der Waals surface area (Å²) in [6.07, 6.45) is 89.3. The highest BCUT2D eigenvalue weighted by molar-refractivity contribution is 5.71. The van der Waals surface area contributed by atoms with Gasteiger partial charge in [0.2, 0.25) is 0 Å². The third kappa shape index (κ3) is 62.5. The summed E-state index contributed by atoms with van der Waals surface area (Å²) in [6.45, 7) is 6.47. The molecule has 438 valence electrons. The Morgan fingerprint density at radius 2 is 0.506 bits per heavy atom. The molecule has 0 bridgehead atoms. The first-order valence-corrected chi connectivity index (χ1v) is 32.0. The molecule has 0 fully saturated rings. The topological polar surface area (TPSA) is 78.9 Å². The molecule has 0 radical (unpaired) electrons. The van der Waals surface area contributed by atoms with Crippen molar-refractivity contribution >= 4 is 17.9 Å². The maximum absolute atomic E-state index is 12.9. The summed E-state index contributed by atoms with van der Waals surface area (Å²) in [5.41, 5.74) is 0. The predicted molar refractivity (Wildman–Crippen MR) is 334 cm³/mol. The second-order valence-corrected chi connectivity index (χ2v) is 20.9. The lowest BCUT2D eigenvalue weighted by Gasteiger charge is -2.18. The lowest BCUT2D eigenvalue weighted by Crippen LogP contribution is -2.30. The lowest BCUT2D eigenvalue weighted by atomic mass is 10.1. The second-order valence-electron chi connectivity index (χ2n) is 20.9. The van der Waals surface area contributed by atoms with E-state index in [9.17, 15) is 14.4 Å². The Labute approximate surface area is 475 Å². The average Bonchev–Trinajstić information content (AvgIpc) is 3.43. The Hall–Kier alpha value is -4.19. The number of carbonyl (C=O) groups excluding carboxylic acids is 3. The molecule has 6 nitrogen and oxygen atoms in total. The SMILES string of the molecule is CC/C=C\C/C=C\C/C=C\C/C=C\C/C=C\C/C=C\C/C=C\C/C=C\CCCCCCCCCCC(=O)OCC(COC(=O)CCCCCCCCCC)OC(=O)CCCCCCCCC/C=C\C/C=C\CCCCCC. The molecule has 77 heavy (non-hydrogen) atoms. The highest BCUT2D eigenvalue weighted by atomic mass is 16.6. The highest BCUT2D eigenvalue weighted by Crippen LogP contribution is 2.15. The van der Waals surface area contributed by atoms with E-state index >= 15 is 0 Å². The fourth-order valence-corrected chi connectivity index (χ4v) is 8.67. The minimum atomic E-state index is -0.786. The zero-order valence-electron chi connectivity index (χ0n) is 50.2. The van der Waals surface area contributed by atoms with Crippen LogP contribution >= 0.6 is 0 Å². The fraction of sp³-hybridized carbons (Fsp3) is 0.676. The molecule has 0 amide bonds. The Balaban J connectivity index is 4.19. The maximum Gasteiger partial charge on any atom is 0.306 e. The van der Waals surface area contributed by atoms with E-state index in [1.165, 1.54) is 122 Å². The van der Waals surface area contributed by atoms with Crippen LogP contribution in [-0.4, -0.2) is 37.2 Å². The summed E-state index contributed by atoms with van der Waals surface area (Å²) >= 11 is 0. The normalized spacial score (nSPS) is 12.9. The largest absolute Gasteiger partial charge is 0.462 e. The number of allylic oxidation sites excluding steroid dienone is 20. The van der Waals surface area contributed by atoms with Crippen molar-refractivity contribution in [2.75, 3.05) is 13.2 Å². The van der Waals surface area contributed by atoms with Crippen LogP contribution in [-0.2, 0) is 28.6 Å². The van der Waals surface area contributed by atoms with Crippen molar-refractivity contribution in [3.05, 3.63) is 122 Å². The maximum atomic E-state index is 12.9. The van der Waals surface area contributed by atoms with Gasteiger partial charge in [0.15, 0.2) is 6.10 Å². The monoisotopic (exact) mass is 1070 g/mol. The Morgan fingerprint density at radius 3 is 0.805 bits per heavy atom. The number of ether oxygens (including phenoxy) is 3. The molecule has 1 unspecified atom stereocenters. The number of carbonyl (C=O) groups is 3. The summed E-state index contributed by atoms with van der Waals surface area (Å²) in [6, 6.07) is 0. The van der Waals surface area contributed by atoms with Gasteiger partial charge in [-0.1, -0.05) is 277 Å². The van der Waals surface area contributed by atoms with Crippen LogP contribution in [0.5, 0.6) is 0 Å². The second kappa shape index (κ2) is 64.3. The Morgan fingerprint density at radius 1 is 0.273 bits per heavy atom.